The molecule has 2 aliphatic rings. The van der Waals surface area contributed by atoms with Crippen LogP contribution in [-0.2, 0) is 4.74 Å². The molecule has 0 spiro atoms. The molecule has 4 heteroatoms. The van der Waals surface area contributed by atoms with Gasteiger partial charge in [0.1, 0.15) is 11.9 Å². The third-order valence-corrected chi connectivity index (χ3v) is 5.51. The predicted octanol–water partition coefficient (Wildman–Crippen LogP) is 2.87. The summed E-state index contributed by atoms with van der Waals surface area (Å²) in [6, 6.07) is 7.05. The summed E-state index contributed by atoms with van der Waals surface area (Å²) in [6.07, 6.45) is 2.61. The van der Waals surface area contributed by atoms with E-state index in [9.17, 15) is 0 Å². The zero-order valence-electron chi connectivity index (χ0n) is 15.5. The maximum Gasteiger partial charge on any atom is 0.120 e. The number of hydrogen-bond acceptors (Lipinski definition) is 4. The molecule has 134 valence electrons. The fourth-order valence-corrected chi connectivity index (χ4v) is 3.69. The van der Waals surface area contributed by atoms with Crippen molar-refractivity contribution in [1.29, 1.82) is 0 Å². The first-order valence-electron chi connectivity index (χ1n) is 9.40. The van der Waals surface area contributed by atoms with Crippen molar-refractivity contribution in [1.82, 2.24) is 9.80 Å². The second-order valence-corrected chi connectivity index (χ2v) is 7.36. The number of piperidine rings is 1. The Labute approximate surface area is 146 Å². The van der Waals surface area contributed by atoms with Gasteiger partial charge in [-0.05, 0) is 56.9 Å². The van der Waals surface area contributed by atoms with Gasteiger partial charge in [-0.3, -0.25) is 9.80 Å². The molecule has 4 nitrogen and oxygen atoms in total. The quantitative estimate of drug-likeness (QED) is 0.828. The van der Waals surface area contributed by atoms with Crippen molar-refractivity contribution in [2.75, 3.05) is 45.9 Å². The summed E-state index contributed by atoms with van der Waals surface area (Å²) in [6.45, 7) is 14.0. The Morgan fingerprint density at radius 2 is 1.79 bits per heavy atom. The van der Waals surface area contributed by atoms with E-state index < -0.39 is 0 Å². The topological polar surface area (TPSA) is 24.9 Å². The monoisotopic (exact) mass is 332 g/mol. The third-order valence-electron chi connectivity index (χ3n) is 5.51. The van der Waals surface area contributed by atoms with E-state index in [0.717, 1.165) is 64.5 Å². The molecule has 0 N–H and O–H groups in total. The number of morpholine rings is 1. The summed E-state index contributed by atoms with van der Waals surface area (Å²) in [5.74, 6) is 1.03. The maximum absolute atomic E-state index is 6.22. The van der Waals surface area contributed by atoms with Crippen LogP contribution in [0.1, 0.15) is 30.9 Å². The maximum atomic E-state index is 6.22. The number of ether oxygens (including phenoxy) is 2. The van der Waals surface area contributed by atoms with Crippen LogP contribution in [0.15, 0.2) is 18.2 Å². The highest BCUT2D eigenvalue weighted by molar-refractivity contribution is 5.33. The standard InChI is InChI=1S/C20H32N2O2/c1-16-4-5-20(14-17(16)2)24-19-6-8-22(9-7-19)18(3)15-21-10-12-23-13-11-21/h4-5,14,18-19H,6-13,15H2,1-3H3. The molecule has 1 unspecified atom stereocenters. The second-order valence-electron chi connectivity index (χ2n) is 7.36. The molecule has 0 aromatic heterocycles. The van der Waals surface area contributed by atoms with Crippen molar-refractivity contribution in [3.8, 4) is 5.75 Å². The van der Waals surface area contributed by atoms with Crippen LogP contribution in [0.5, 0.6) is 5.75 Å². The van der Waals surface area contributed by atoms with Crippen LogP contribution in [0.3, 0.4) is 0 Å². The summed E-state index contributed by atoms with van der Waals surface area (Å²) >= 11 is 0. The Balaban J connectivity index is 1.43. The van der Waals surface area contributed by atoms with Gasteiger partial charge in [-0.1, -0.05) is 6.07 Å². The van der Waals surface area contributed by atoms with E-state index in [1.165, 1.54) is 11.1 Å². The van der Waals surface area contributed by atoms with Crippen LogP contribution >= 0.6 is 0 Å². The van der Waals surface area contributed by atoms with Crippen molar-refractivity contribution in [2.45, 2.75) is 45.8 Å². The third kappa shape index (κ3) is 4.71. The van der Waals surface area contributed by atoms with E-state index in [2.05, 4.69) is 48.8 Å². The van der Waals surface area contributed by atoms with Gasteiger partial charge in [0.25, 0.3) is 0 Å². The van der Waals surface area contributed by atoms with Crippen molar-refractivity contribution < 1.29 is 9.47 Å². The molecule has 2 aliphatic heterocycles. The van der Waals surface area contributed by atoms with Gasteiger partial charge >= 0.3 is 0 Å². The fourth-order valence-electron chi connectivity index (χ4n) is 3.69. The molecule has 2 saturated heterocycles. The molecule has 0 aliphatic carbocycles. The SMILES string of the molecule is Cc1ccc(OC2CCN(C(C)CN3CCOCC3)CC2)cc1C. The van der Waals surface area contributed by atoms with Crippen molar-refractivity contribution in [3.05, 3.63) is 29.3 Å². The van der Waals surface area contributed by atoms with Crippen LogP contribution in [0.25, 0.3) is 0 Å². The lowest BCUT2D eigenvalue weighted by molar-refractivity contribution is 0.0159. The van der Waals surface area contributed by atoms with Gasteiger partial charge in [0, 0.05) is 38.8 Å². The molecule has 2 heterocycles. The molecule has 0 amide bonds. The van der Waals surface area contributed by atoms with Crippen molar-refractivity contribution in [3.63, 3.8) is 0 Å². The molecule has 1 aromatic rings. The van der Waals surface area contributed by atoms with Gasteiger partial charge in [0.2, 0.25) is 0 Å². The van der Waals surface area contributed by atoms with E-state index in [4.69, 9.17) is 9.47 Å². The number of benzene rings is 1. The molecular formula is C20H32N2O2. The first-order valence-corrected chi connectivity index (χ1v) is 9.40. The van der Waals surface area contributed by atoms with Gasteiger partial charge in [-0.15, -0.1) is 0 Å². The van der Waals surface area contributed by atoms with Crippen LogP contribution in [-0.4, -0.2) is 67.9 Å². The summed E-state index contributed by atoms with van der Waals surface area (Å²) < 4.78 is 11.7. The van der Waals surface area contributed by atoms with Crippen LogP contribution in [0, 0.1) is 13.8 Å². The lowest BCUT2D eigenvalue weighted by Crippen LogP contribution is -2.49. The van der Waals surface area contributed by atoms with E-state index in [0.29, 0.717) is 12.1 Å². The van der Waals surface area contributed by atoms with Gasteiger partial charge in [-0.2, -0.15) is 0 Å². The van der Waals surface area contributed by atoms with Crippen LogP contribution < -0.4 is 4.74 Å². The summed E-state index contributed by atoms with van der Waals surface area (Å²) in [5, 5.41) is 0. The summed E-state index contributed by atoms with van der Waals surface area (Å²) in [5.41, 5.74) is 2.64. The summed E-state index contributed by atoms with van der Waals surface area (Å²) in [4.78, 5) is 5.15. The van der Waals surface area contributed by atoms with Gasteiger partial charge < -0.3 is 9.47 Å². The lowest BCUT2D eigenvalue weighted by atomic mass is 10.0. The smallest absolute Gasteiger partial charge is 0.120 e. The normalized spacial score (nSPS) is 22.5. The van der Waals surface area contributed by atoms with Gasteiger partial charge in [0.15, 0.2) is 0 Å². The first-order chi connectivity index (χ1) is 11.6. The molecule has 24 heavy (non-hydrogen) atoms. The molecule has 0 saturated carbocycles. The van der Waals surface area contributed by atoms with Gasteiger partial charge in [0.05, 0.1) is 13.2 Å². The Hall–Kier alpha value is -1.10. The van der Waals surface area contributed by atoms with E-state index in [-0.39, 0.29) is 0 Å². The minimum atomic E-state index is 0.360. The molecule has 1 aromatic carbocycles. The molecule has 0 radical (unpaired) electrons. The zero-order valence-corrected chi connectivity index (χ0v) is 15.5. The van der Waals surface area contributed by atoms with Crippen molar-refractivity contribution >= 4 is 0 Å². The predicted molar refractivity (Wildman–Crippen MR) is 97.9 cm³/mol. The number of rotatable bonds is 5. The average Bonchev–Trinajstić information content (AvgIpc) is 2.60. The minimum absolute atomic E-state index is 0.360. The Morgan fingerprint density at radius 3 is 2.46 bits per heavy atom. The highest BCUT2D eigenvalue weighted by atomic mass is 16.5. The van der Waals surface area contributed by atoms with E-state index >= 15 is 0 Å². The molecule has 0 bridgehead atoms. The Bertz CT molecular complexity index is 520. The lowest BCUT2D eigenvalue weighted by Gasteiger charge is -2.38. The minimum Gasteiger partial charge on any atom is -0.490 e. The van der Waals surface area contributed by atoms with E-state index in [1.54, 1.807) is 0 Å². The van der Waals surface area contributed by atoms with Crippen LogP contribution in [0.2, 0.25) is 0 Å². The zero-order chi connectivity index (χ0) is 16.9. The highest BCUT2D eigenvalue weighted by Gasteiger charge is 2.25. The molecule has 1 atom stereocenters. The number of nitrogens with zero attached hydrogens (tertiary/aromatic N) is 2. The van der Waals surface area contributed by atoms with E-state index in [1.807, 2.05) is 0 Å². The van der Waals surface area contributed by atoms with Crippen LogP contribution in [0.4, 0.5) is 0 Å². The second kappa shape index (κ2) is 8.32. The first kappa shape index (κ1) is 17.7. The van der Waals surface area contributed by atoms with Gasteiger partial charge in [-0.25, -0.2) is 0 Å². The fraction of sp³-hybridized carbons (Fsp3) is 0.700. The number of likely N-dealkylation sites (tertiary alicyclic amines) is 1. The molecule has 2 fully saturated rings. The summed E-state index contributed by atoms with van der Waals surface area (Å²) in [7, 11) is 0. The average molecular weight is 332 g/mol. The Kier molecular flexibility index (Phi) is 6.14. The largest absolute Gasteiger partial charge is 0.490 e. The Morgan fingerprint density at radius 1 is 1.08 bits per heavy atom. The number of hydrogen-bond donors (Lipinski definition) is 0. The molecule has 3 rings (SSSR count). The highest BCUT2D eigenvalue weighted by Crippen LogP contribution is 2.22. The van der Waals surface area contributed by atoms with Crippen molar-refractivity contribution in [2.24, 2.45) is 0 Å². The number of aryl methyl sites for hydroxylation is 2. The molecular weight excluding hydrogens is 300 g/mol.